The molecule has 2 aliphatic carbocycles. The van der Waals surface area contributed by atoms with Crippen LogP contribution in [0.15, 0.2) is 12.2 Å². The molecule has 0 amide bonds. The summed E-state index contributed by atoms with van der Waals surface area (Å²) in [6.07, 6.45) is 0.817. The lowest BCUT2D eigenvalue weighted by molar-refractivity contribution is -0.222. The van der Waals surface area contributed by atoms with Gasteiger partial charge in [-0.05, 0) is 17.8 Å². The number of methoxy groups -OCH3 is 1. The van der Waals surface area contributed by atoms with E-state index < -0.39 is 5.79 Å². The van der Waals surface area contributed by atoms with Crippen LogP contribution in [0.5, 0.6) is 0 Å². The second-order valence-corrected chi connectivity index (χ2v) is 5.41. The molecule has 4 atom stereocenters. The van der Waals surface area contributed by atoms with E-state index in [0.29, 0.717) is 0 Å². The number of fused-ring (bicyclic) bond motifs is 2. The first-order valence-electron chi connectivity index (χ1n) is 5.47. The highest BCUT2D eigenvalue weighted by Gasteiger charge is 2.67. The molecule has 2 N–H and O–H groups in total. The van der Waals surface area contributed by atoms with Gasteiger partial charge in [-0.2, -0.15) is 0 Å². The third-order valence-electron chi connectivity index (χ3n) is 4.59. The molecule has 2 aliphatic rings. The molecule has 0 aliphatic heterocycles. The van der Waals surface area contributed by atoms with Gasteiger partial charge in [0.25, 0.3) is 0 Å². The van der Waals surface area contributed by atoms with E-state index in [1.54, 1.807) is 0 Å². The molecule has 0 aromatic heterocycles. The quantitative estimate of drug-likeness (QED) is 0.533. The maximum Gasteiger partial charge on any atom is 0.175 e. The number of aliphatic hydroxyl groups excluding tert-OH is 1. The van der Waals surface area contributed by atoms with Gasteiger partial charge in [-0.25, -0.2) is 0 Å². The lowest BCUT2D eigenvalue weighted by Crippen LogP contribution is -2.39. The molecule has 4 unspecified atom stereocenters. The van der Waals surface area contributed by atoms with Crippen molar-refractivity contribution < 1.29 is 14.9 Å². The van der Waals surface area contributed by atoms with Crippen molar-refractivity contribution >= 4 is 0 Å². The van der Waals surface area contributed by atoms with Crippen LogP contribution in [0, 0.1) is 23.2 Å². The highest BCUT2D eigenvalue weighted by molar-refractivity contribution is 5.30. The van der Waals surface area contributed by atoms with E-state index in [1.165, 1.54) is 7.11 Å². The Bertz CT molecular complexity index is 297. The summed E-state index contributed by atoms with van der Waals surface area (Å²) in [7, 11) is 1.54. The minimum absolute atomic E-state index is 0.0460. The summed E-state index contributed by atoms with van der Waals surface area (Å²) in [5.74, 6) is -1.09. The van der Waals surface area contributed by atoms with Crippen molar-refractivity contribution in [2.24, 2.45) is 23.2 Å². The second kappa shape index (κ2) is 3.06. The molecular weight excluding hydrogens is 192 g/mol. The largest absolute Gasteiger partial charge is 0.396 e. The van der Waals surface area contributed by atoms with Crippen LogP contribution in [0.4, 0.5) is 0 Å². The molecule has 0 radical (unpaired) electrons. The molecule has 0 heterocycles. The Kier molecular flexibility index (Phi) is 2.27. The number of rotatable bonds is 2. The predicted molar refractivity (Wildman–Crippen MR) is 57.1 cm³/mol. The first kappa shape index (κ1) is 11.1. The van der Waals surface area contributed by atoms with Gasteiger partial charge < -0.3 is 14.9 Å². The van der Waals surface area contributed by atoms with Crippen LogP contribution in [0.1, 0.15) is 20.3 Å². The van der Waals surface area contributed by atoms with E-state index in [-0.39, 0.29) is 29.8 Å². The normalized spacial score (nSPS) is 47.5. The van der Waals surface area contributed by atoms with Crippen molar-refractivity contribution in [2.75, 3.05) is 13.7 Å². The first-order chi connectivity index (χ1) is 6.89. The third kappa shape index (κ3) is 1.11. The van der Waals surface area contributed by atoms with E-state index in [1.807, 2.05) is 0 Å². The maximum atomic E-state index is 10.5. The van der Waals surface area contributed by atoms with Crippen LogP contribution in [0.2, 0.25) is 0 Å². The van der Waals surface area contributed by atoms with Crippen LogP contribution in [0.25, 0.3) is 0 Å². The highest BCUT2D eigenvalue weighted by atomic mass is 16.6. The van der Waals surface area contributed by atoms with Crippen molar-refractivity contribution in [3.05, 3.63) is 12.2 Å². The summed E-state index contributed by atoms with van der Waals surface area (Å²) < 4.78 is 5.31. The van der Waals surface area contributed by atoms with Gasteiger partial charge in [-0.1, -0.05) is 26.0 Å². The molecule has 0 saturated heterocycles. The monoisotopic (exact) mass is 212 g/mol. The van der Waals surface area contributed by atoms with Crippen LogP contribution in [-0.2, 0) is 4.74 Å². The topological polar surface area (TPSA) is 49.7 Å². The van der Waals surface area contributed by atoms with Crippen molar-refractivity contribution in [2.45, 2.75) is 26.1 Å². The van der Waals surface area contributed by atoms with Gasteiger partial charge in [0.1, 0.15) is 0 Å². The van der Waals surface area contributed by atoms with E-state index in [9.17, 15) is 10.2 Å². The smallest absolute Gasteiger partial charge is 0.175 e. The summed E-state index contributed by atoms with van der Waals surface area (Å²) in [4.78, 5) is 0. The Hall–Kier alpha value is -0.380. The van der Waals surface area contributed by atoms with Gasteiger partial charge in [0.05, 0.1) is 0 Å². The molecular formula is C12H20O3. The van der Waals surface area contributed by atoms with Crippen molar-refractivity contribution in [3.8, 4) is 0 Å². The fourth-order valence-electron chi connectivity index (χ4n) is 3.58. The summed E-state index contributed by atoms with van der Waals surface area (Å²) >= 11 is 0. The molecule has 3 heteroatoms. The number of hydrogen-bond acceptors (Lipinski definition) is 3. The molecule has 86 valence electrons. The molecule has 0 spiro atoms. The van der Waals surface area contributed by atoms with E-state index >= 15 is 0 Å². The van der Waals surface area contributed by atoms with Crippen molar-refractivity contribution in [1.29, 1.82) is 0 Å². The second-order valence-electron chi connectivity index (χ2n) is 5.41. The Morgan fingerprint density at radius 3 is 2.53 bits per heavy atom. The van der Waals surface area contributed by atoms with Crippen molar-refractivity contribution in [3.63, 3.8) is 0 Å². The highest BCUT2D eigenvalue weighted by Crippen LogP contribution is 2.65. The lowest BCUT2D eigenvalue weighted by atomic mass is 9.70. The van der Waals surface area contributed by atoms with Gasteiger partial charge >= 0.3 is 0 Å². The third-order valence-corrected chi connectivity index (χ3v) is 4.59. The Morgan fingerprint density at radius 2 is 2.13 bits per heavy atom. The molecule has 0 aromatic rings. The number of aliphatic hydroxyl groups is 2. The molecule has 3 nitrogen and oxygen atoms in total. The van der Waals surface area contributed by atoms with Gasteiger partial charge in [-0.15, -0.1) is 0 Å². The Morgan fingerprint density at radius 1 is 1.53 bits per heavy atom. The average Bonchev–Trinajstić information content (AvgIpc) is 2.56. The van der Waals surface area contributed by atoms with Gasteiger partial charge in [0.2, 0.25) is 0 Å². The number of hydrogen-bond donors (Lipinski definition) is 2. The molecule has 2 fully saturated rings. The Labute approximate surface area is 90.8 Å². The van der Waals surface area contributed by atoms with Crippen LogP contribution < -0.4 is 0 Å². The zero-order valence-corrected chi connectivity index (χ0v) is 9.66. The lowest BCUT2D eigenvalue weighted by Gasteiger charge is -2.34. The summed E-state index contributed by atoms with van der Waals surface area (Å²) in [6, 6.07) is 0. The molecule has 2 bridgehead atoms. The molecule has 15 heavy (non-hydrogen) atoms. The minimum Gasteiger partial charge on any atom is -0.396 e. The number of ether oxygens (including phenoxy) is 1. The zero-order valence-electron chi connectivity index (χ0n) is 9.66. The molecule has 2 saturated carbocycles. The van der Waals surface area contributed by atoms with Crippen LogP contribution in [0.3, 0.4) is 0 Å². The first-order valence-corrected chi connectivity index (χ1v) is 5.47. The van der Waals surface area contributed by atoms with E-state index in [0.717, 1.165) is 12.0 Å². The Balaban J connectivity index is 2.44. The van der Waals surface area contributed by atoms with Gasteiger partial charge in [0, 0.05) is 25.6 Å². The standard InChI is InChI=1S/C12H20O3/c1-7-10-8(6-13)5-9(11(7,2)3)12(10,14)15-4/h8-10,13-14H,1,5-6H2,2-4H3. The van der Waals surface area contributed by atoms with Gasteiger partial charge in [0.15, 0.2) is 5.79 Å². The predicted octanol–water partition coefficient (Wildman–Crippen LogP) is 1.16. The average molecular weight is 212 g/mol. The maximum absolute atomic E-state index is 10.5. The zero-order chi connectivity index (χ0) is 11.4. The minimum atomic E-state index is -1.12. The van der Waals surface area contributed by atoms with E-state index in [4.69, 9.17) is 4.74 Å². The summed E-state index contributed by atoms with van der Waals surface area (Å²) in [6.45, 7) is 8.37. The molecule has 0 aromatic carbocycles. The summed E-state index contributed by atoms with van der Waals surface area (Å²) in [5, 5.41) is 19.8. The van der Waals surface area contributed by atoms with Gasteiger partial charge in [-0.3, -0.25) is 0 Å². The van der Waals surface area contributed by atoms with Crippen LogP contribution >= 0.6 is 0 Å². The van der Waals surface area contributed by atoms with E-state index in [2.05, 4.69) is 20.4 Å². The fraction of sp³-hybridized carbons (Fsp3) is 0.833. The fourth-order valence-corrected chi connectivity index (χ4v) is 3.58. The molecule has 2 rings (SSSR count). The SMILES string of the molecule is C=C1C2C(CO)CC(C1(C)C)C2(O)OC. The van der Waals surface area contributed by atoms with Crippen molar-refractivity contribution in [1.82, 2.24) is 0 Å². The summed E-state index contributed by atoms with van der Waals surface area (Å²) in [5.41, 5.74) is 0.920. The van der Waals surface area contributed by atoms with Crippen LogP contribution in [-0.4, -0.2) is 29.7 Å².